The minimum absolute atomic E-state index is 0.714. The summed E-state index contributed by atoms with van der Waals surface area (Å²) in [5, 5.41) is 3.85. The summed E-state index contributed by atoms with van der Waals surface area (Å²) < 4.78 is 5.41. The van der Waals surface area contributed by atoms with Gasteiger partial charge in [0.15, 0.2) is 0 Å². The SMILES string of the molecule is CCCN1CCCC(NC2CCOCC2)CC1. The Labute approximate surface area is 106 Å². The molecule has 0 saturated carbocycles. The van der Waals surface area contributed by atoms with E-state index >= 15 is 0 Å². The first-order valence-electron chi connectivity index (χ1n) is 7.44. The molecule has 1 N–H and O–H groups in total. The van der Waals surface area contributed by atoms with Crippen molar-refractivity contribution >= 4 is 0 Å². The Morgan fingerprint density at radius 1 is 1.06 bits per heavy atom. The van der Waals surface area contributed by atoms with Crippen molar-refractivity contribution in [2.45, 2.75) is 57.5 Å². The van der Waals surface area contributed by atoms with E-state index in [-0.39, 0.29) is 0 Å². The van der Waals surface area contributed by atoms with Crippen LogP contribution in [0.15, 0.2) is 0 Å². The Kier molecular flexibility index (Phi) is 5.75. The molecule has 2 rings (SSSR count). The Balaban J connectivity index is 1.70. The predicted octanol–water partition coefficient (Wildman–Crippen LogP) is 2.02. The molecule has 100 valence electrons. The summed E-state index contributed by atoms with van der Waals surface area (Å²) in [6, 6.07) is 1.46. The second-order valence-electron chi connectivity index (χ2n) is 5.52. The Morgan fingerprint density at radius 3 is 2.59 bits per heavy atom. The molecule has 0 aromatic rings. The van der Waals surface area contributed by atoms with Crippen LogP contribution in [0, 0.1) is 0 Å². The summed E-state index contributed by atoms with van der Waals surface area (Å²) in [6.07, 6.45) is 7.75. The van der Waals surface area contributed by atoms with Gasteiger partial charge in [0, 0.05) is 25.3 Å². The van der Waals surface area contributed by atoms with Crippen LogP contribution in [-0.2, 0) is 4.74 Å². The quantitative estimate of drug-likeness (QED) is 0.813. The molecule has 0 spiro atoms. The molecule has 0 radical (unpaired) electrons. The normalized spacial score (nSPS) is 29.1. The van der Waals surface area contributed by atoms with Crippen molar-refractivity contribution in [1.82, 2.24) is 10.2 Å². The highest BCUT2D eigenvalue weighted by Crippen LogP contribution is 2.15. The molecule has 2 aliphatic heterocycles. The molecule has 0 aliphatic carbocycles. The minimum Gasteiger partial charge on any atom is -0.381 e. The number of ether oxygens (including phenoxy) is 1. The van der Waals surface area contributed by atoms with Crippen LogP contribution < -0.4 is 5.32 Å². The third-order valence-corrected chi connectivity index (χ3v) is 4.05. The molecule has 2 fully saturated rings. The molecule has 0 aromatic carbocycles. The van der Waals surface area contributed by atoms with Crippen LogP contribution in [0.1, 0.15) is 45.4 Å². The zero-order chi connectivity index (χ0) is 11.9. The van der Waals surface area contributed by atoms with E-state index in [4.69, 9.17) is 4.74 Å². The number of nitrogens with zero attached hydrogens (tertiary/aromatic N) is 1. The second-order valence-corrected chi connectivity index (χ2v) is 5.52. The minimum atomic E-state index is 0.714. The van der Waals surface area contributed by atoms with Crippen molar-refractivity contribution in [3.8, 4) is 0 Å². The first kappa shape index (κ1) is 13.3. The van der Waals surface area contributed by atoms with Gasteiger partial charge in [-0.05, 0) is 58.2 Å². The van der Waals surface area contributed by atoms with Gasteiger partial charge in [0.25, 0.3) is 0 Å². The topological polar surface area (TPSA) is 24.5 Å². The van der Waals surface area contributed by atoms with Gasteiger partial charge in [0.05, 0.1) is 0 Å². The lowest BCUT2D eigenvalue weighted by molar-refractivity contribution is 0.0742. The van der Waals surface area contributed by atoms with E-state index in [1.165, 1.54) is 58.2 Å². The van der Waals surface area contributed by atoms with Gasteiger partial charge < -0.3 is 15.0 Å². The number of likely N-dealkylation sites (tertiary alicyclic amines) is 1. The van der Waals surface area contributed by atoms with E-state index < -0.39 is 0 Å². The average Bonchev–Trinajstić information content (AvgIpc) is 2.57. The molecule has 17 heavy (non-hydrogen) atoms. The Morgan fingerprint density at radius 2 is 1.82 bits per heavy atom. The van der Waals surface area contributed by atoms with Crippen molar-refractivity contribution in [2.24, 2.45) is 0 Å². The lowest BCUT2D eigenvalue weighted by Gasteiger charge is -2.28. The van der Waals surface area contributed by atoms with Gasteiger partial charge in [-0.25, -0.2) is 0 Å². The maximum atomic E-state index is 5.41. The van der Waals surface area contributed by atoms with Crippen LogP contribution in [0.25, 0.3) is 0 Å². The van der Waals surface area contributed by atoms with Gasteiger partial charge in [0.1, 0.15) is 0 Å². The maximum Gasteiger partial charge on any atom is 0.0480 e. The summed E-state index contributed by atoms with van der Waals surface area (Å²) in [5.74, 6) is 0. The third kappa shape index (κ3) is 4.57. The molecule has 1 atom stereocenters. The lowest BCUT2D eigenvalue weighted by atomic mass is 10.0. The van der Waals surface area contributed by atoms with Crippen LogP contribution in [0.5, 0.6) is 0 Å². The monoisotopic (exact) mass is 240 g/mol. The smallest absolute Gasteiger partial charge is 0.0480 e. The van der Waals surface area contributed by atoms with Crippen LogP contribution in [-0.4, -0.2) is 49.8 Å². The van der Waals surface area contributed by atoms with Crippen LogP contribution in [0.2, 0.25) is 0 Å². The maximum absolute atomic E-state index is 5.41. The number of hydrogen-bond acceptors (Lipinski definition) is 3. The van der Waals surface area contributed by atoms with Gasteiger partial charge in [-0.1, -0.05) is 6.92 Å². The largest absolute Gasteiger partial charge is 0.381 e. The number of hydrogen-bond donors (Lipinski definition) is 1. The van der Waals surface area contributed by atoms with Crippen LogP contribution in [0.4, 0.5) is 0 Å². The van der Waals surface area contributed by atoms with Crippen molar-refractivity contribution in [2.75, 3.05) is 32.8 Å². The Bertz CT molecular complexity index is 204. The average molecular weight is 240 g/mol. The molecule has 0 amide bonds. The molecule has 0 bridgehead atoms. The number of rotatable bonds is 4. The summed E-state index contributed by atoms with van der Waals surface area (Å²) in [4.78, 5) is 2.63. The molecular formula is C14H28N2O. The van der Waals surface area contributed by atoms with Crippen LogP contribution >= 0.6 is 0 Å². The zero-order valence-corrected chi connectivity index (χ0v) is 11.3. The lowest BCUT2D eigenvalue weighted by Crippen LogP contribution is -2.42. The van der Waals surface area contributed by atoms with Crippen molar-refractivity contribution < 1.29 is 4.74 Å². The summed E-state index contributed by atoms with van der Waals surface area (Å²) in [7, 11) is 0. The standard InChI is InChI=1S/C14H28N2O/c1-2-8-16-9-3-4-13(5-10-16)15-14-6-11-17-12-7-14/h13-15H,2-12H2,1H3. The molecule has 0 aromatic heterocycles. The molecule has 1 unspecified atom stereocenters. The van der Waals surface area contributed by atoms with Gasteiger partial charge in [-0.3, -0.25) is 0 Å². The highest BCUT2D eigenvalue weighted by atomic mass is 16.5. The fraction of sp³-hybridized carbons (Fsp3) is 1.00. The molecule has 3 heteroatoms. The Hall–Kier alpha value is -0.120. The van der Waals surface area contributed by atoms with E-state index in [1.807, 2.05) is 0 Å². The highest BCUT2D eigenvalue weighted by Gasteiger charge is 2.20. The van der Waals surface area contributed by atoms with Crippen molar-refractivity contribution in [3.63, 3.8) is 0 Å². The third-order valence-electron chi connectivity index (χ3n) is 4.05. The van der Waals surface area contributed by atoms with Crippen molar-refractivity contribution in [3.05, 3.63) is 0 Å². The molecule has 2 heterocycles. The molecular weight excluding hydrogens is 212 g/mol. The van der Waals surface area contributed by atoms with E-state index in [0.29, 0.717) is 6.04 Å². The predicted molar refractivity (Wildman–Crippen MR) is 71.3 cm³/mol. The molecule has 3 nitrogen and oxygen atoms in total. The second kappa shape index (κ2) is 7.34. The van der Waals surface area contributed by atoms with E-state index in [1.54, 1.807) is 0 Å². The fourth-order valence-electron chi connectivity index (χ4n) is 3.06. The van der Waals surface area contributed by atoms with Gasteiger partial charge >= 0.3 is 0 Å². The molecule has 2 aliphatic rings. The highest BCUT2D eigenvalue weighted by molar-refractivity contribution is 4.80. The summed E-state index contributed by atoms with van der Waals surface area (Å²) in [6.45, 7) is 8.06. The van der Waals surface area contributed by atoms with Gasteiger partial charge in [0.2, 0.25) is 0 Å². The van der Waals surface area contributed by atoms with E-state index in [9.17, 15) is 0 Å². The fourth-order valence-corrected chi connectivity index (χ4v) is 3.06. The van der Waals surface area contributed by atoms with Crippen molar-refractivity contribution in [1.29, 1.82) is 0 Å². The molecule has 2 saturated heterocycles. The summed E-state index contributed by atoms with van der Waals surface area (Å²) >= 11 is 0. The zero-order valence-electron chi connectivity index (χ0n) is 11.3. The van der Waals surface area contributed by atoms with Crippen LogP contribution in [0.3, 0.4) is 0 Å². The van der Waals surface area contributed by atoms with E-state index in [2.05, 4.69) is 17.1 Å². The summed E-state index contributed by atoms with van der Waals surface area (Å²) in [5.41, 5.74) is 0. The first-order chi connectivity index (χ1) is 8.38. The van der Waals surface area contributed by atoms with Gasteiger partial charge in [-0.2, -0.15) is 0 Å². The van der Waals surface area contributed by atoms with E-state index in [0.717, 1.165) is 19.3 Å². The first-order valence-corrected chi connectivity index (χ1v) is 7.44. The van der Waals surface area contributed by atoms with Gasteiger partial charge in [-0.15, -0.1) is 0 Å². The number of nitrogens with one attached hydrogen (secondary N) is 1.